The van der Waals surface area contributed by atoms with Gasteiger partial charge in [0.05, 0.1) is 6.10 Å². The molecule has 0 aliphatic heterocycles. The zero-order chi connectivity index (χ0) is 8.85. The fraction of sp³-hybridized carbons (Fsp3) is 0.875. The standard InChI is InChI=1S/C8H17NO2/c1-4-5-6(2)11-8(10)7(3)9/h6-7H,4-5,9H2,1-3H3/t6?,7-/m0/s1. The summed E-state index contributed by atoms with van der Waals surface area (Å²) in [7, 11) is 0. The summed E-state index contributed by atoms with van der Waals surface area (Å²) in [6.07, 6.45) is 1.92. The van der Waals surface area contributed by atoms with Crippen LogP contribution < -0.4 is 5.73 Å². The topological polar surface area (TPSA) is 52.3 Å². The summed E-state index contributed by atoms with van der Waals surface area (Å²) >= 11 is 0. The zero-order valence-electron chi connectivity index (χ0n) is 7.46. The van der Waals surface area contributed by atoms with E-state index < -0.39 is 6.04 Å². The molecule has 0 radical (unpaired) electrons. The summed E-state index contributed by atoms with van der Waals surface area (Å²) in [5.41, 5.74) is 5.31. The average Bonchev–Trinajstić information content (AvgIpc) is 1.87. The van der Waals surface area contributed by atoms with Crippen molar-refractivity contribution in [1.29, 1.82) is 0 Å². The highest BCUT2D eigenvalue weighted by molar-refractivity contribution is 5.75. The summed E-state index contributed by atoms with van der Waals surface area (Å²) in [6, 6.07) is -0.505. The van der Waals surface area contributed by atoms with Crippen molar-refractivity contribution >= 4 is 5.97 Å². The van der Waals surface area contributed by atoms with Gasteiger partial charge in [0.25, 0.3) is 0 Å². The summed E-state index contributed by atoms with van der Waals surface area (Å²) in [5.74, 6) is -0.314. The predicted molar refractivity (Wildman–Crippen MR) is 44.1 cm³/mol. The third-order valence-corrected chi connectivity index (χ3v) is 1.38. The molecule has 3 nitrogen and oxygen atoms in total. The van der Waals surface area contributed by atoms with Gasteiger partial charge in [-0.05, 0) is 20.3 Å². The van der Waals surface area contributed by atoms with Gasteiger partial charge in [0.15, 0.2) is 0 Å². The number of ether oxygens (including phenoxy) is 1. The van der Waals surface area contributed by atoms with Gasteiger partial charge in [-0.2, -0.15) is 0 Å². The molecule has 0 aromatic carbocycles. The zero-order valence-corrected chi connectivity index (χ0v) is 7.46. The molecule has 0 aromatic rings. The molecule has 0 aliphatic carbocycles. The maximum absolute atomic E-state index is 10.9. The van der Waals surface area contributed by atoms with Crippen molar-refractivity contribution in [2.75, 3.05) is 0 Å². The molecule has 11 heavy (non-hydrogen) atoms. The Morgan fingerprint density at radius 2 is 2.09 bits per heavy atom. The van der Waals surface area contributed by atoms with Crippen LogP contribution in [0.1, 0.15) is 33.6 Å². The summed E-state index contributed by atoms with van der Waals surface area (Å²) in [6.45, 7) is 5.56. The minimum atomic E-state index is -0.505. The molecular formula is C8H17NO2. The number of esters is 1. The van der Waals surface area contributed by atoms with Gasteiger partial charge in [0.2, 0.25) is 0 Å². The number of hydrogen-bond donors (Lipinski definition) is 1. The molecular weight excluding hydrogens is 142 g/mol. The molecule has 0 aromatic heterocycles. The molecule has 0 rings (SSSR count). The van der Waals surface area contributed by atoms with E-state index in [1.807, 2.05) is 6.92 Å². The maximum atomic E-state index is 10.9. The third-order valence-electron chi connectivity index (χ3n) is 1.38. The quantitative estimate of drug-likeness (QED) is 0.624. The first kappa shape index (κ1) is 10.4. The Labute approximate surface area is 67.9 Å². The van der Waals surface area contributed by atoms with Crippen LogP contribution in [0.2, 0.25) is 0 Å². The normalized spacial score (nSPS) is 15.6. The SMILES string of the molecule is CCCC(C)OC(=O)[C@H](C)N. The molecule has 3 heteroatoms. The monoisotopic (exact) mass is 159 g/mol. The van der Waals surface area contributed by atoms with Crippen LogP contribution in [0.4, 0.5) is 0 Å². The van der Waals surface area contributed by atoms with Crippen LogP contribution in [0.15, 0.2) is 0 Å². The lowest BCUT2D eigenvalue weighted by Gasteiger charge is -2.13. The highest BCUT2D eigenvalue weighted by Crippen LogP contribution is 2.01. The lowest BCUT2D eigenvalue weighted by Crippen LogP contribution is -2.31. The average molecular weight is 159 g/mol. The molecule has 2 atom stereocenters. The second-order valence-corrected chi connectivity index (χ2v) is 2.82. The summed E-state index contributed by atoms with van der Waals surface area (Å²) < 4.78 is 4.99. The van der Waals surface area contributed by atoms with E-state index >= 15 is 0 Å². The van der Waals surface area contributed by atoms with Gasteiger partial charge in [-0.15, -0.1) is 0 Å². The van der Waals surface area contributed by atoms with Crippen molar-refractivity contribution in [3.8, 4) is 0 Å². The first-order chi connectivity index (χ1) is 5.07. The van der Waals surface area contributed by atoms with Crippen LogP contribution in [-0.4, -0.2) is 18.1 Å². The van der Waals surface area contributed by atoms with Crippen LogP contribution in [0.25, 0.3) is 0 Å². The van der Waals surface area contributed by atoms with Gasteiger partial charge in [-0.3, -0.25) is 4.79 Å². The van der Waals surface area contributed by atoms with E-state index in [-0.39, 0.29) is 12.1 Å². The second kappa shape index (κ2) is 5.13. The minimum Gasteiger partial charge on any atom is -0.462 e. The molecule has 2 N–H and O–H groups in total. The van der Waals surface area contributed by atoms with Crippen molar-refractivity contribution in [1.82, 2.24) is 0 Å². The van der Waals surface area contributed by atoms with Gasteiger partial charge in [0.1, 0.15) is 6.04 Å². The van der Waals surface area contributed by atoms with Crippen LogP contribution >= 0.6 is 0 Å². The van der Waals surface area contributed by atoms with Crippen molar-refractivity contribution in [2.45, 2.75) is 45.8 Å². The number of carbonyl (C=O) groups is 1. The predicted octanol–water partition coefficient (Wildman–Crippen LogP) is 1.07. The van der Waals surface area contributed by atoms with E-state index in [2.05, 4.69) is 6.92 Å². The molecule has 0 saturated heterocycles. The van der Waals surface area contributed by atoms with Crippen molar-refractivity contribution in [2.24, 2.45) is 5.73 Å². The van der Waals surface area contributed by atoms with Crippen LogP contribution in [0, 0.1) is 0 Å². The van der Waals surface area contributed by atoms with Crippen molar-refractivity contribution in [3.63, 3.8) is 0 Å². The molecule has 0 aliphatic rings. The molecule has 0 heterocycles. The van der Waals surface area contributed by atoms with Crippen LogP contribution in [0.3, 0.4) is 0 Å². The van der Waals surface area contributed by atoms with Gasteiger partial charge in [-0.1, -0.05) is 13.3 Å². The molecule has 0 amide bonds. The van der Waals surface area contributed by atoms with Gasteiger partial charge in [0, 0.05) is 0 Å². The largest absolute Gasteiger partial charge is 0.462 e. The molecule has 0 fully saturated rings. The number of rotatable bonds is 4. The van der Waals surface area contributed by atoms with E-state index in [1.165, 1.54) is 0 Å². The summed E-state index contributed by atoms with van der Waals surface area (Å²) in [5, 5.41) is 0. The number of hydrogen-bond acceptors (Lipinski definition) is 3. The number of nitrogens with two attached hydrogens (primary N) is 1. The molecule has 1 unspecified atom stereocenters. The molecule has 66 valence electrons. The number of carbonyl (C=O) groups excluding carboxylic acids is 1. The Hall–Kier alpha value is -0.570. The first-order valence-electron chi connectivity index (χ1n) is 4.04. The molecule has 0 bridgehead atoms. The Morgan fingerprint density at radius 1 is 1.55 bits per heavy atom. The lowest BCUT2D eigenvalue weighted by molar-refractivity contribution is -0.149. The van der Waals surface area contributed by atoms with Crippen LogP contribution in [-0.2, 0) is 9.53 Å². The van der Waals surface area contributed by atoms with Crippen molar-refractivity contribution < 1.29 is 9.53 Å². The van der Waals surface area contributed by atoms with Gasteiger partial charge in [-0.25, -0.2) is 0 Å². The van der Waals surface area contributed by atoms with E-state index in [0.29, 0.717) is 0 Å². The Morgan fingerprint density at radius 3 is 2.45 bits per heavy atom. The van der Waals surface area contributed by atoms with Crippen molar-refractivity contribution in [3.05, 3.63) is 0 Å². The lowest BCUT2D eigenvalue weighted by atomic mass is 10.2. The minimum absolute atomic E-state index is 0.00139. The van der Waals surface area contributed by atoms with Gasteiger partial charge >= 0.3 is 5.97 Å². The molecule has 0 saturated carbocycles. The van der Waals surface area contributed by atoms with E-state index in [1.54, 1.807) is 6.92 Å². The second-order valence-electron chi connectivity index (χ2n) is 2.82. The third kappa shape index (κ3) is 4.79. The highest BCUT2D eigenvalue weighted by Gasteiger charge is 2.11. The van der Waals surface area contributed by atoms with E-state index in [0.717, 1.165) is 12.8 Å². The molecule has 0 spiro atoms. The Bertz CT molecular complexity index is 123. The summed E-state index contributed by atoms with van der Waals surface area (Å²) in [4.78, 5) is 10.9. The van der Waals surface area contributed by atoms with E-state index in [9.17, 15) is 4.79 Å². The maximum Gasteiger partial charge on any atom is 0.322 e. The van der Waals surface area contributed by atoms with E-state index in [4.69, 9.17) is 10.5 Å². The fourth-order valence-electron chi connectivity index (χ4n) is 0.771. The fourth-order valence-corrected chi connectivity index (χ4v) is 0.771. The smallest absolute Gasteiger partial charge is 0.322 e. The Kier molecular flexibility index (Phi) is 4.86. The highest BCUT2D eigenvalue weighted by atomic mass is 16.5. The van der Waals surface area contributed by atoms with Gasteiger partial charge < -0.3 is 10.5 Å². The first-order valence-corrected chi connectivity index (χ1v) is 4.04. The Balaban J connectivity index is 3.57. The van der Waals surface area contributed by atoms with Crippen LogP contribution in [0.5, 0.6) is 0 Å².